The normalized spacial score (nSPS) is 19.0. The molecular weight excluding hydrogens is 342 g/mol. The summed E-state index contributed by atoms with van der Waals surface area (Å²) in [5, 5.41) is 0. The van der Waals surface area contributed by atoms with Gasteiger partial charge in [-0.3, -0.25) is 9.78 Å². The second-order valence-electron chi connectivity index (χ2n) is 5.80. The van der Waals surface area contributed by atoms with E-state index in [9.17, 15) is 4.79 Å². The van der Waals surface area contributed by atoms with Crippen molar-refractivity contribution >= 4 is 21.8 Å². The number of hydrogen-bond acceptors (Lipinski definition) is 2. The fourth-order valence-corrected chi connectivity index (χ4v) is 3.54. The van der Waals surface area contributed by atoms with E-state index in [0.717, 1.165) is 30.3 Å². The van der Waals surface area contributed by atoms with Crippen molar-refractivity contribution in [2.24, 2.45) is 7.05 Å². The highest BCUT2D eigenvalue weighted by Gasteiger charge is 2.29. The molecule has 5 heteroatoms. The Kier molecular flexibility index (Phi) is 4.62. The van der Waals surface area contributed by atoms with Crippen molar-refractivity contribution in [3.63, 3.8) is 0 Å². The minimum Gasteiger partial charge on any atom is -0.353 e. The van der Waals surface area contributed by atoms with E-state index in [0.29, 0.717) is 5.56 Å². The van der Waals surface area contributed by atoms with E-state index in [-0.39, 0.29) is 11.9 Å². The Morgan fingerprint density at radius 1 is 1.32 bits per heavy atom. The van der Waals surface area contributed by atoms with Crippen LogP contribution in [0.1, 0.15) is 47.8 Å². The lowest BCUT2D eigenvalue weighted by molar-refractivity contribution is 0.0674. The fourth-order valence-electron chi connectivity index (χ4n) is 3.17. The van der Waals surface area contributed by atoms with E-state index in [4.69, 9.17) is 0 Å². The standard InChI is InChI=1S/C17H20BrN3O/c1-20-8-5-7-15(20)16-6-3-2-4-9-21(16)17(22)13-10-14(18)12-19-11-13/h5,7-8,10-12,16H,2-4,6,9H2,1H3/t16-/m1/s1. The summed E-state index contributed by atoms with van der Waals surface area (Å²) in [5.74, 6) is 0.0712. The van der Waals surface area contributed by atoms with E-state index in [1.54, 1.807) is 12.4 Å². The van der Waals surface area contributed by atoms with Gasteiger partial charge in [-0.1, -0.05) is 12.8 Å². The molecule has 0 aromatic carbocycles. The number of amides is 1. The molecular formula is C17H20BrN3O. The van der Waals surface area contributed by atoms with Gasteiger partial charge in [0.1, 0.15) is 0 Å². The first kappa shape index (κ1) is 15.3. The maximum Gasteiger partial charge on any atom is 0.256 e. The number of aromatic nitrogens is 2. The molecule has 1 amide bonds. The first-order valence-corrected chi connectivity index (χ1v) is 8.49. The van der Waals surface area contributed by atoms with Gasteiger partial charge in [-0.25, -0.2) is 0 Å². The summed E-state index contributed by atoms with van der Waals surface area (Å²) in [5.41, 5.74) is 1.86. The molecule has 4 nitrogen and oxygen atoms in total. The van der Waals surface area contributed by atoms with Gasteiger partial charge in [-0.2, -0.15) is 0 Å². The number of pyridine rings is 1. The number of halogens is 1. The third kappa shape index (κ3) is 3.09. The zero-order valence-electron chi connectivity index (χ0n) is 12.7. The lowest BCUT2D eigenvalue weighted by atomic mass is 10.1. The van der Waals surface area contributed by atoms with E-state index >= 15 is 0 Å². The zero-order valence-corrected chi connectivity index (χ0v) is 14.3. The number of nitrogens with zero attached hydrogens (tertiary/aromatic N) is 3. The van der Waals surface area contributed by atoms with Crippen LogP contribution in [0.15, 0.2) is 41.3 Å². The molecule has 0 radical (unpaired) electrons. The Bertz CT molecular complexity index is 667. The van der Waals surface area contributed by atoms with Crippen molar-refractivity contribution in [1.29, 1.82) is 0 Å². The summed E-state index contributed by atoms with van der Waals surface area (Å²) in [6.45, 7) is 0.807. The number of carbonyl (C=O) groups is 1. The number of carbonyl (C=O) groups excluding carboxylic acids is 1. The number of hydrogen-bond donors (Lipinski definition) is 0. The second kappa shape index (κ2) is 6.65. The van der Waals surface area contributed by atoms with Gasteiger partial charge in [-0.15, -0.1) is 0 Å². The molecule has 1 saturated heterocycles. The lowest BCUT2D eigenvalue weighted by Gasteiger charge is -2.30. The third-order valence-electron chi connectivity index (χ3n) is 4.29. The van der Waals surface area contributed by atoms with Crippen LogP contribution in [-0.2, 0) is 7.05 Å². The van der Waals surface area contributed by atoms with Crippen molar-refractivity contribution < 1.29 is 4.79 Å². The minimum atomic E-state index is 0.0712. The van der Waals surface area contributed by atoms with Crippen LogP contribution in [0.5, 0.6) is 0 Å². The van der Waals surface area contributed by atoms with Gasteiger partial charge in [0, 0.05) is 42.3 Å². The monoisotopic (exact) mass is 361 g/mol. The average Bonchev–Trinajstić information content (AvgIpc) is 2.80. The van der Waals surface area contributed by atoms with Crippen LogP contribution in [0.3, 0.4) is 0 Å². The van der Waals surface area contributed by atoms with Crippen LogP contribution < -0.4 is 0 Å². The molecule has 1 aliphatic heterocycles. The molecule has 0 bridgehead atoms. The van der Waals surface area contributed by atoms with Crippen molar-refractivity contribution in [2.75, 3.05) is 6.54 Å². The Labute approximate surface area is 139 Å². The Balaban J connectivity index is 1.94. The quantitative estimate of drug-likeness (QED) is 0.812. The van der Waals surface area contributed by atoms with Crippen LogP contribution in [0.25, 0.3) is 0 Å². The van der Waals surface area contributed by atoms with E-state index < -0.39 is 0 Å². The number of aryl methyl sites for hydroxylation is 1. The van der Waals surface area contributed by atoms with Gasteiger partial charge < -0.3 is 9.47 Å². The molecule has 1 fully saturated rings. The molecule has 1 atom stereocenters. The maximum absolute atomic E-state index is 13.0. The van der Waals surface area contributed by atoms with Crippen molar-refractivity contribution in [3.8, 4) is 0 Å². The van der Waals surface area contributed by atoms with Crippen molar-refractivity contribution in [3.05, 3.63) is 52.5 Å². The molecule has 3 rings (SSSR count). The highest BCUT2D eigenvalue weighted by atomic mass is 79.9. The summed E-state index contributed by atoms with van der Waals surface area (Å²) in [7, 11) is 2.05. The molecule has 3 heterocycles. The predicted octanol–water partition coefficient (Wildman–Crippen LogP) is 3.94. The Morgan fingerprint density at radius 2 is 2.18 bits per heavy atom. The molecule has 0 N–H and O–H groups in total. The van der Waals surface area contributed by atoms with Gasteiger partial charge in [-0.05, 0) is 47.0 Å². The first-order chi connectivity index (χ1) is 10.7. The second-order valence-corrected chi connectivity index (χ2v) is 6.72. The molecule has 2 aromatic heterocycles. The van der Waals surface area contributed by atoms with Crippen molar-refractivity contribution in [1.82, 2.24) is 14.5 Å². The number of rotatable bonds is 2. The van der Waals surface area contributed by atoms with E-state index in [1.165, 1.54) is 12.1 Å². The zero-order chi connectivity index (χ0) is 15.5. The highest BCUT2D eigenvalue weighted by molar-refractivity contribution is 9.10. The van der Waals surface area contributed by atoms with Crippen molar-refractivity contribution in [2.45, 2.75) is 31.7 Å². The largest absolute Gasteiger partial charge is 0.353 e. The molecule has 2 aromatic rings. The summed E-state index contributed by atoms with van der Waals surface area (Å²) in [6.07, 6.45) is 9.83. The van der Waals surface area contributed by atoms with Gasteiger partial charge >= 0.3 is 0 Å². The molecule has 0 aliphatic carbocycles. The minimum absolute atomic E-state index is 0.0712. The van der Waals surface area contributed by atoms with Crippen LogP contribution in [0.4, 0.5) is 0 Å². The van der Waals surface area contributed by atoms with Crippen LogP contribution in [0.2, 0.25) is 0 Å². The molecule has 22 heavy (non-hydrogen) atoms. The molecule has 116 valence electrons. The SMILES string of the molecule is Cn1cccc1[C@H]1CCCCCN1C(=O)c1cncc(Br)c1. The fraction of sp³-hybridized carbons (Fsp3) is 0.412. The van der Waals surface area contributed by atoms with E-state index in [2.05, 4.69) is 31.5 Å². The van der Waals surface area contributed by atoms with Crippen LogP contribution >= 0.6 is 15.9 Å². The third-order valence-corrected chi connectivity index (χ3v) is 4.72. The van der Waals surface area contributed by atoms with Gasteiger partial charge in [0.15, 0.2) is 0 Å². The number of likely N-dealkylation sites (tertiary alicyclic amines) is 1. The van der Waals surface area contributed by atoms with Gasteiger partial charge in [0.25, 0.3) is 5.91 Å². The topological polar surface area (TPSA) is 38.1 Å². The summed E-state index contributed by atoms with van der Waals surface area (Å²) >= 11 is 3.40. The van der Waals surface area contributed by atoms with E-state index in [1.807, 2.05) is 30.3 Å². The average molecular weight is 362 g/mol. The van der Waals surface area contributed by atoms with Crippen LogP contribution in [0, 0.1) is 0 Å². The Hall–Kier alpha value is -1.62. The molecule has 1 aliphatic rings. The van der Waals surface area contributed by atoms with Crippen LogP contribution in [-0.4, -0.2) is 26.9 Å². The molecule has 0 spiro atoms. The lowest BCUT2D eigenvalue weighted by Crippen LogP contribution is -2.35. The first-order valence-electron chi connectivity index (χ1n) is 7.69. The van der Waals surface area contributed by atoms with Gasteiger partial charge in [0.05, 0.1) is 11.6 Å². The summed E-state index contributed by atoms with van der Waals surface area (Å²) < 4.78 is 2.96. The Morgan fingerprint density at radius 3 is 2.91 bits per heavy atom. The molecule has 0 saturated carbocycles. The summed E-state index contributed by atoms with van der Waals surface area (Å²) in [6, 6.07) is 6.16. The summed E-state index contributed by atoms with van der Waals surface area (Å²) in [4.78, 5) is 19.1. The smallest absolute Gasteiger partial charge is 0.256 e. The van der Waals surface area contributed by atoms with Gasteiger partial charge in [0.2, 0.25) is 0 Å². The predicted molar refractivity (Wildman–Crippen MR) is 89.6 cm³/mol. The highest BCUT2D eigenvalue weighted by Crippen LogP contribution is 2.31. The maximum atomic E-state index is 13.0. The molecule has 0 unspecified atom stereocenters.